The molecule has 1 saturated heterocycles. The van der Waals surface area contributed by atoms with Crippen molar-refractivity contribution in [3.8, 4) is 0 Å². The molecule has 2 fully saturated rings. The van der Waals surface area contributed by atoms with Crippen LogP contribution < -0.4 is 10.2 Å². The molecule has 1 aliphatic carbocycles. The van der Waals surface area contributed by atoms with Gasteiger partial charge in [0, 0.05) is 30.4 Å². The summed E-state index contributed by atoms with van der Waals surface area (Å²) >= 11 is 0. The van der Waals surface area contributed by atoms with Gasteiger partial charge in [0.15, 0.2) is 11.6 Å². The molecule has 2 aromatic rings. The number of ether oxygens (including phenoxy) is 1. The van der Waals surface area contributed by atoms with Gasteiger partial charge in [0.1, 0.15) is 5.76 Å². The summed E-state index contributed by atoms with van der Waals surface area (Å²) in [6, 6.07) is 7.89. The van der Waals surface area contributed by atoms with Gasteiger partial charge in [-0.1, -0.05) is 6.42 Å². The first-order valence-electron chi connectivity index (χ1n) is 8.92. The Kier molecular flexibility index (Phi) is 4.44. The van der Waals surface area contributed by atoms with Crippen molar-refractivity contribution in [1.29, 1.82) is 0 Å². The molecule has 2 heterocycles. The van der Waals surface area contributed by atoms with Crippen LogP contribution in [0, 0.1) is 6.92 Å². The molecule has 1 amide bonds. The maximum absolute atomic E-state index is 12.5. The lowest BCUT2D eigenvalue weighted by Gasteiger charge is -2.28. The molecular weight excluding hydrogens is 318 g/mol. The zero-order valence-corrected chi connectivity index (χ0v) is 14.5. The van der Waals surface area contributed by atoms with Crippen LogP contribution in [0.25, 0.3) is 0 Å². The summed E-state index contributed by atoms with van der Waals surface area (Å²) in [4.78, 5) is 19.2. The number of benzene rings is 1. The van der Waals surface area contributed by atoms with Gasteiger partial charge < -0.3 is 19.4 Å². The predicted molar refractivity (Wildman–Crippen MR) is 95.3 cm³/mol. The minimum Gasteiger partial charge on any atom is -0.445 e. The fourth-order valence-corrected chi connectivity index (χ4v) is 3.22. The molecule has 1 aromatic heterocycles. The minimum absolute atomic E-state index is 0.217. The van der Waals surface area contributed by atoms with Crippen LogP contribution in [0.4, 0.5) is 11.4 Å². The minimum atomic E-state index is -0.217. The van der Waals surface area contributed by atoms with Gasteiger partial charge >= 0.3 is 0 Å². The van der Waals surface area contributed by atoms with Gasteiger partial charge in [-0.2, -0.15) is 0 Å². The molecule has 25 heavy (non-hydrogen) atoms. The van der Waals surface area contributed by atoms with E-state index in [1.165, 1.54) is 6.42 Å². The molecule has 0 bridgehead atoms. The highest BCUT2D eigenvalue weighted by Gasteiger charge is 2.27. The maximum atomic E-state index is 12.5. The van der Waals surface area contributed by atoms with Crippen LogP contribution in [0.2, 0.25) is 0 Å². The summed E-state index contributed by atoms with van der Waals surface area (Å²) < 4.78 is 11.1. The first-order chi connectivity index (χ1) is 12.2. The molecule has 2 aliphatic rings. The van der Waals surface area contributed by atoms with E-state index in [9.17, 15) is 4.79 Å². The van der Waals surface area contributed by atoms with Crippen molar-refractivity contribution in [2.24, 2.45) is 0 Å². The molecule has 0 unspecified atom stereocenters. The molecule has 4 rings (SSSR count). The fraction of sp³-hybridized carbons (Fsp3) is 0.474. The molecular formula is C19H23N3O3. The van der Waals surface area contributed by atoms with E-state index in [-0.39, 0.29) is 5.91 Å². The highest BCUT2D eigenvalue weighted by atomic mass is 16.5. The molecule has 1 N–H and O–H groups in total. The summed E-state index contributed by atoms with van der Waals surface area (Å²) in [7, 11) is 0. The molecule has 0 radical (unpaired) electrons. The highest BCUT2D eigenvalue weighted by Crippen LogP contribution is 2.36. The summed E-state index contributed by atoms with van der Waals surface area (Å²) in [6.45, 7) is 5.10. The van der Waals surface area contributed by atoms with Crippen molar-refractivity contribution in [1.82, 2.24) is 4.98 Å². The molecule has 1 aliphatic heterocycles. The topological polar surface area (TPSA) is 67.6 Å². The zero-order valence-electron chi connectivity index (χ0n) is 14.5. The van der Waals surface area contributed by atoms with E-state index in [0.717, 1.165) is 50.5 Å². The number of morpholine rings is 1. The first-order valence-corrected chi connectivity index (χ1v) is 8.92. The monoisotopic (exact) mass is 341 g/mol. The van der Waals surface area contributed by atoms with E-state index in [0.29, 0.717) is 23.3 Å². The van der Waals surface area contributed by atoms with Gasteiger partial charge in [-0.25, -0.2) is 4.98 Å². The molecule has 1 aromatic carbocycles. The number of aryl methyl sites for hydroxylation is 1. The number of nitrogens with zero attached hydrogens (tertiary/aromatic N) is 2. The maximum Gasteiger partial charge on any atom is 0.277 e. The Morgan fingerprint density at radius 3 is 2.56 bits per heavy atom. The number of oxazole rings is 1. The lowest BCUT2D eigenvalue weighted by atomic mass is 9.85. The van der Waals surface area contributed by atoms with Crippen molar-refractivity contribution in [3.63, 3.8) is 0 Å². The molecule has 0 atom stereocenters. The van der Waals surface area contributed by atoms with Gasteiger partial charge in [-0.15, -0.1) is 0 Å². The molecule has 6 heteroatoms. The Balaban J connectivity index is 1.42. The number of hydrogen-bond acceptors (Lipinski definition) is 5. The van der Waals surface area contributed by atoms with Gasteiger partial charge in [-0.3, -0.25) is 4.79 Å². The average Bonchev–Trinajstić information content (AvgIpc) is 2.96. The second-order valence-electron chi connectivity index (χ2n) is 6.69. The quantitative estimate of drug-likeness (QED) is 0.924. The van der Waals surface area contributed by atoms with Crippen molar-refractivity contribution < 1.29 is 13.9 Å². The fourth-order valence-electron chi connectivity index (χ4n) is 3.22. The Morgan fingerprint density at radius 1 is 1.20 bits per heavy atom. The van der Waals surface area contributed by atoms with Gasteiger partial charge in [-0.05, 0) is 44.0 Å². The Bertz CT molecular complexity index is 744. The van der Waals surface area contributed by atoms with Crippen molar-refractivity contribution >= 4 is 17.3 Å². The lowest BCUT2D eigenvalue weighted by molar-refractivity contribution is 0.102. The normalized spacial score (nSPS) is 18.0. The molecule has 6 nitrogen and oxygen atoms in total. The number of carbonyl (C=O) groups excluding carboxylic acids is 1. The second kappa shape index (κ2) is 6.88. The third-order valence-electron chi connectivity index (χ3n) is 4.98. The first kappa shape index (κ1) is 16.1. The zero-order chi connectivity index (χ0) is 17.2. The Morgan fingerprint density at radius 2 is 1.92 bits per heavy atom. The predicted octanol–water partition coefficient (Wildman–Crippen LogP) is 3.34. The third kappa shape index (κ3) is 3.39. The number of nitrogens with one attached hydrogen (secondary N) is 1. The van der Waals surface area contributed by atoms with Crippen LogP contribution >= 0.6 is 0 Å². The Hall–Kier alpha value is -2.34. The van der Waals surface area contributed by atoms with Crippen LogP contribution in [0.5, 0.6) is 0 Å². The summed E-state index contributed by atoms with van der Waals surface area (Å²) in [5.41, 5.74) is 2.29. The van der Waals surface area contributed by atoms with Crippen LogP contribution in [0.1, 0.15) is 47.3 Å². The summed E-state index contributed by atoms with van der Waals surface area (Å²) in [6.07, 6.45) is 3.41. The van der Waals surface area contributed by atoms with Gasteiger partial charge in [0.25, 0.3) is 5.91 Å². The average molecular weight is 341 g/mol. The second-order valence-corrected chi connectivity index (χ2v) is 6.69. The number of hydrogen-bond donors (Lipinski definition) is 1. The Labute approximate surface area is 147 Å². The van der Waals surface area contributed by atoms with E-state index in [2.05, 4.69) is 15.2 Å². The smallest absolute Gasteiger partial charge is 0.277 e. The number of aromatic nitrogens is 1. The van der Waals surface area contributed by atoms with Crippen molar-refractivity contribution in [3.05, 3.63) is 41.6 Å². The van der Waals surface area contributed by atoms with Crippen LogP contribution in [-0.2, 0) is 4.74 Å². The number of rotatable bonds is 4. The molecule has 0 spiro atoms. The van der Waals surface area contributed by atoms with Crippen LogP contribution in [-0.4, -0.2) is 37.2 Å². The van der Waals surface area contributed by atoms with E-state index < -0.39 is 0 Å². The highest BCUT2D eigenvalue weighted by molar-refractivity contribution is 6.03. The third-order valence-corrected chi connectivity index (χ3v) is 4.98. The van der Waals surface area contributed by atoms with Crippen LogP contribution in [0.15, 0.2) is 28.7 Å². The number of carbonyl (C=O) groups is 1. The van der Waals surface area contributed by atoms with Crippen LogP contribution in [0.3, 0.4) is 0 Å². The standard InChI is InChI=1S/C19H23N3O3/c1-13-17(21-19(25-13)14-3-2-4-14)18(23)20-15-5-7-16(8-6-15)22-9-11-24-12-10-22/h5-8,14H,2-4,9-12H2,1H3,(H,20,23). The van der Waals surface area contributed by atoms with E-state index in [1.807, 2.05) is 24.3 Å². The SMILES string of the molecule is Cc1oc(C2CCC2)nc1C(=O)Nc1ccc(N2CCOCC2)cc1. The van der Waals surface area contributed by atoms with E-state index >= 15 is 0 Å². The van der Waals surface area contributed by atoms with Crippen molar-refractivity contribution in [2.45, 2.75) is 32.1 Å². The van der Waals surface area contributed by atoms with Crippen molar-refractivity contribution in [2.75, 3.05) is 36.5 Å². The lowest BCUT2D eigenvalue weighted by Crippen LogP contribution is -2.36. The summed E-state index contributed by atoms with van der Waals surface area (Å²) in [5.74, 6) is 1.46. The number of amides is 1. The molecule has 132 valence electrons. The van der Waals surface area contributed by atoms with E-state index in [1.54, 1.807) is 6.92 Å². The number of anilines is 2. The van der Waals surface area contributed by atoms with E-state index in [4.69, 9.17) is 9.15 Å². The summed E-state index contributed by atoms with van der Waals surface area (Å²) in [5, 5.41) is 2.91. The van der Waals surface area contributed by atoms with Gasteiger partial charge in [0.2, 0.25) is 0 Å². The van der Waals surface area contributed by atoms with Gasteiger partial charge in [0.05, 0.1) is 13.2 Å². The molecule has 1 saturated carbocycles. The largest absolute Gasteiger partial charge is 0.445 e.